The van der Waals surface area contributed by atoms with E-state index in [9.17, 15) is 22.4 Å². The van der Waals surface area contributed by atoms with Crippen molar-refractivity contribution in [2.75, 3.05) is 11.9 Å². The second-order valence-corrected chi connectivity index (χ2v) is 4.66. The van der Waals surface area contributed by atoms with E-state index in [0.29, 0.717) is 0 Å². The summed E-state index contributed by atoms with van der Waals surface area (Å²) in [5, 5.41) is 2.34. The number of rotatable bonds is 5. The van der Waals surface area contributed by atoms with Crippen molar-refractivity contribution in [3.05, 3.63) is 59.9 Å². The first-order valence-corrected chi connectivity index (χ1v) is 6.71. The van der Waals surface area contributed by atoms with Crippen LogP contribution in [-0.4, -0.2) is 12.5 Å². The molecule has 1 N–H and O–H groups in total. The fraction of sp³-hybridized carbons (Fsp3) is 0.188. The zero-order chi connectivity index (χ0) is 16.9. The molecule has 1 amide bonds. The predicted octanol–water partition coefficient (Wildman–Crippen LogP) is 4.25. The zero-order valence-corrected chi connectivity index (χ0v) is 11.9. The lowest BCUT2D eigenvalue weighted by atomic mass is 10.2. The van der Waals surface area contributed by atoms with E-state index in [1.807, 2.05) is 0 Å². The van der Waals surface area contributed by atoms with Gasteiger partial charge >= 0.3 is 6.18 Å². The SMILES string of the molecule is O=C(CCOc1ccccc1F)Nc1cccc(C(F)(F)F)c1. The number of carbonyl (C=O) groups excluding carboxylic acids is 1. The first-order chi connectivity index (χ1) is 10.9. The predicted molar refractivity (Wildman–Crippen MR) is 76.6 cm³/mol. The highest BCUT2D eigenvalue weighted by atomic mass is 19.4. The fourth-order valence-corrected chi connectivity index (χ4v) is 1.81. The van der Waals surface area contributed by atoms with Crippen molar-refractivity contribution in [1.29, 1.82) is 0 Å². The van der Waals surface area contributed by atoms with E-state index < -0.39 is 23.5 Å². The Hall–Kier alpha value is -2.57. The Balaban J connectivity index is 1.87. The van der Waals surface area contributed by atoms with Crippen LogP contribution >= 0.6 is 0 Å². The number of halogens is 4. The second kappa shape index (κ2) is 7.13. The third-order valence-corrected chi connectivity index (χ3v) is 2.90. The molecule has 0 radical (unpaired) electrons. The van der Waals surface area contributed by atoms with Gasteiger partial charge in [-0.3, -0.25) is 4.79 Å². The molecule has 0 aliphatic carbocycles. The summed E-state index contributed by atoms with van der Waals surface area (Å²) in [4.78, 5) is 11.7. The average Bonchev–Trinajstić information content (AvgIpc) is 2.48. The second-order valence-electron chi connectivity index (χ2n) is 4.66. The smallest absolute Gasteiger partial charge is 0.416 e. The van der Waals surface area contributed by atoms with Crippen molar-refractivity contribution in [3.8, 4) is 5.75 Å². The van der Waals surface area contributed by atoms with Gasteiger partial charge in [0.2, 0.25) is 5.91 Å². The minimum absolute atomic E-state index is 0.0133. The van der Waals surface area contributed by atoms with E-state index in [-0.39, 0.29) is 24.5 Å². The molecule has 0 heterocycles. The number of alkyl halides is 3. The summed E-state index contributed by atoms with van der Waals surface area (Å²) in [6.45, 7) is -0.0915. The van der Waals surface area contributed by atoms with E-state index in [2.05, 4.69) is 5.32 Å². The first-order valence-electron chi connectivity index (χ1n) is 6.71. The molecule has 2 aromatic rings. The van der Waals surface area contributed by atoms with Crippen molar-refractivity contribution in [2.24, 2.45) is 0 Å². The van der Waals surface area contributed by atoms with Crippen LogP contribution in [0.2, 0.25) is 0 Å². The van der Waals surface area contributed by atoms with Crippen LogP contribution in [0.3, 0.4) is 0 Å². The van der Waals surface area contributed by atoms with Crippen molar-refractivity contribution in [1.82, 2.24) is 0 Å². The molecule has 0 atom stereocenters. The molecule has 2 aromatic carbocycles. The molecule has 0 saturated heterocycles. The topological polar surface area (TPSA) is 38.3 Å². The van der Waals surface area contributed by atoms with Crippen molar-refractivity contribution >= 4 is 11.6 Å². The Bertz CT molecular complexity index is 686. The molecule has 0 aromatic heterocycles. The van der Waals surface area contributed by atoms with Gasteiger partial charge in [-0.05, 0) is 30.3 Å². The van der Waals surface area contributed by atoms with Gasteiger partial charge in [0.25, 0.3) is 0 Å². The molecule has 0 aliphatic rings. The monoisotopic (exact) mass is 327 g/mol. The van der Waals surface area contributed by atoms with Gasteiger partial charge in [-0.2, -0.15) is 13.2 Å². The van der Waals surface area contributed by atoms with Gasteiger partial charge in [0.1, 0.15) is 0 Å². The third kappa shape index (κ3) is 4.98. The summed E-state index contributed by atoms with van der Waals surface area (Å²) in [5.41, 5.74) is -0.811. The highest BCUT2D eigenvalue weighted by molar-refractivity contribution is 5.90. The molecule has 0 fully saturated rings. The Labute approximate surface area is 129 Å². The number of hydrogen-bond acceptors (Lipinski definition) is 2. The largest absolute Gasteiger partial charge is 0.490 e. The molecule has 2 rings (SSSR count). The fourth-order valence-electron chi connectivity index (χ4n) is 1.81. The van der Waals surface area contributed by atoms with E-state index in [1.165, 1.54) is 30.3 Å². The van der Waals surface area contributed by atoms with Crippen LogP contribution in [0.1, 0.15) is 12.0 Å². The van der Waals surface area contributed by atoms with E-state index in [4.69, 9.17) is 4.74 Å². The third-order valence-electron chi connectivity index (χ3n) is 2.90. The minimum Gasteiger partial charge on any atom is -0.490 e. The molecule has 3 nitrogen and oxygen atoms in total. The summed E-state index contributed by atoms with van der Waals surface area (Å²) in [5.74, 6) is -1.06. The van der Waals surface area contributed by atoms with Gasteiger partial charge < -0.3 is 10.1 Å². The maximum absolute atomic E-state index is 13.3. The zero-order valence-electron chi connectivity index (χ0n) is 11.9. The van der Waals surface area contributed by atoms with Gasteiger partial charge in [-0.15, -0.1) is 0 Å². The maximum atomic E-state index is 13.3. The van der Waals surface area contributed by atoms with E-state index in [0.717, 1.165) is 12.1 Å². The summed E-state index contributed by atoms with van der Waals surface area (Å²) < 4.78 is 56.1. The molecular formula is C16H13F4NO2. The molecule has 122 valence electrons. The van der Waals surface area contributed by atoms with Gasteiger partial charge in [-0.25, -0.2) is 4.39 Å². The lowest BCUT2D eigenvalue weighted by Gasteiger charge is -2.10. The Morgan fingerprint density at radius 1 is 1.09 bits per heavy atom. The van der Waals surface area contributed by atoms with Crippen molar-refractivity contribution < 1.29 is 27.1 Å². The normalized spacial score (nSPS) is 11.1. The van der Waals surface area contributed by atoms with Crippen LogP contribution < -0.4 is 10.1 Å². The van der Waals surface area contributed by atoms with Gasteiger partial charge in [0, 0.05) is 5.69 Å². The molecule has 0 bridgehead atoms. The number of benzene rings is 2. The number of ether oxygens (including phenoxy) is 1. The lowest BCUT2D eigenvalue weighted by Crippen LogP contribution is -2.16. The van der Waals surface area contributed by atoms with Gasteiger partial charge in [0.15, 0.2) is 11.6 Å². The summed E-state index contributed by atoms with van der Waals surface area (Å²) in [6, 6.07) is 10.0. The Kier molecular flexibility index (Phi) is 5.20. The highest BCUT2D eigenvalue weighted by Crippen LogP contribution is 2.30. The average molecular weight is 327 g/mol. The van der Waals surface area contributed by atoms with E-state index >= 15 is 0 Å². The summed E-state index contributed by atoms with van der Waals surface area (Å²) >= 11 is 0. The highest BCUT2D eigenvalue weighted by Gasteiger charge is 2.30. The van der Waals surface area contributed by atoms with Gasteiger partial charge in [-0.1, -0.05) is 18.2 Å². The maximum Gasteiger partial charge on any atom is 0.416 e. The van der Waals surface area contributed by atoms with Crippen LogP contribution in [-0.2, 0) is 11.0 Å². The molecule has 0 spiro atoms. The van der Waals surface area contributed by atoms with Crippen LogP contribution in [0.4, 0.5) is 23.2 Å². The molecule has 0 saturated carbocycles. The summed E-state index contributed by atoms with van der Waals surface area (Å²) in [6.07, 6.45) is -4.60. The van der Waals surface area contributed by atoms with Crippen molar-refractivity contribution in [3.63, 3.8) is 0 Å². The summed E-state index contributed by atoms with van der Waals surface area (Å²) in [7, 11) is 0. The van der Waals surface area contributed by atoms with E-state index in [1.54, 1.807) is 6.07 Å². The van der Waals surface area contributed by atoms with Crippen LogP contribution in [0.15, 0.2) is 48.5 Å². The first kappa shape index (κ1) is 16.8. The lowest BCUT2D eigenvalue weighted by molar-refractivity contribution is -0.137. The number of carbonyl (C=O) groups is 1. The molecular weight excluding hydrogens is 314 g/mol. The van der Waals surface area contributed by atoms with Gasteiger partial charge in [0.05, 0.1) is 18.6 Å². The van der Waals surface area contributed by atoms with Crippen LogP contribution in [0, 0.1) is 5.82 Å². The van der Waals surface area contributed by atoms with Crippen molar-refractivity contribution in [2.45, 2.75) is 12.6 Å². The standard InChI is InChI=1S/C16H13F4NO2/c17-13-6-1-2-7-14(13)23-9-8-15(22)21-12-5-3-4-11(10-12)16(18,19)20/h1-7,10H,8-9H2,(H,21,22). The number of amides is 1. The number of hydrogen-bond donors (Lipinski definition) is 1. The number of anilines is 1. The quantitative estimate of drug-likeness (QED) is 0.834. The number of nitrogens with one attached hydrogen (secondary N) is 1. The Morgan fingerprint density at radius 3 is 2.52 bits per heavy atom. The molecule has 0 aliphatic heterocycles. The number of para-hydroxylation sites is 1. The molecule has 23 heavy (non-hydrogen) atoms. The molecule has 7 heteroatoms. The van der Waals surface area contributed by atoms with Crippen LogP contribution in [0.5, 0.6) is 5.75 Å². The molecule has 0 unspecified atom stereocenters. The minimum atomic E-state index is -4.48. The van der Waals surface area contributed by atoms with Crippen LogP contribution in [0.25, 0.3) is 0 Å². The Morgan fingerprint density at radius 2 is 1.83 bits per heavy atom.